The number of oxime groups is 1. The van der Waals surface area contributed by atoms with Gasteiger partial charge in [-0.1, -0.05) is 88.4 Å². The molecule has 0 spiro atoms. The van der Waals surface area contributed by atoms with Gasteiger partial charge in [0.1, 0.15) is 12.9 Å². The van der Waals surface area contributed by atoms with Crippen LogP contribution < -0.4 is 5.32 Å². The maximum Gasteiger partial charge on any atom is 0.123 e. The summed E-state index contributed by atoms with van der Waals surface area (Å²) in [5.41, 5.74) is 1.76. The molecule has 0 amide bonds. The molecule has 0 saturated carbocycles. The van der Waals surface area contributed by atoms with E-state index in [9.17, 15) is 4.39 Å². The number of benzene rings is 1. The molecule has 3 nitrogen and oxygen atoms in total. The molecular formula is C23H39FN2O. The summed E-state index contributed by atoms with van der Waals surface area (Å²) in [6.45, 7) is 4.17. The molecule has 1 aromatic rings. The molecule has 0 aliphatic rings. The third-order valence-corrected chi connectivity index (χ3v) is 4.87. The SMILES string of the molecule is CCCCCCCCCCCCCNCC/C(=N/OC)c1ccc(F)cc1. The molecule has 0 atom stereocenters. The summed E-state index contributed by atoms with van der Waals surface area (Å²) < 4.78 is 13.0. The zero-order valence-corrected chi connectivity index (χ0v) is 17.4. The molecule has 1 rings (SSSR count). The van der Waals surface area contributed by atoms with E-state index in [0.29, 0.717) is 0 Å². The largest absolute Gasteiger partial charge is 0.399 e. The number of unbranched alkanes of at least 4 members (excludes halogenated alkanes) is 10. The lowest BCUT2D eigenvalue weighted by atomic mass is 10.1. The monoisotopic (exact) mass is 378 g/mol. The van der Waals surface area contributed by atoms with Crippen molar-refractivity contribution in [1.82, 2.24) is 5.32 Å². The van der Waals surface area contributed by atoms with Gasteiger partial charge in [-0.3, -0.25) is 0 Å². The molecule has 154 valence electrons. The summed E-state index contributed by atoms with van der Waals surface area (Å²) in [7, 11) is 1.54. The van der Waals surface area contributed by atoms with Crippen LogP contribution in [0.4, 0.5) is 4.39 Å². The van der Waals surface area contributed by atoms with Gasteiger partial charge in [-0.2, -0.15) is 0 Å². The van der Waals surface area contributed by atoms with E-state index in [1.807, 2.05) is 0 Å². The minimum Gasteiger partial charge on any atom is -0.399 e. The molecule has 4 heteroatoms. The molecule has 0 aliphatic heterocycles. The highest BCUT2D eigenvalue weighted by Crippen LogP contribution is 2.11. The second-order valence-electron chi connectivity index (χ2n) is 7.26. The Morgan fingerprint density at radius 2 is 1.41 bits per heavy atom. The first-order valence-electron chi connectivity index (χ1n) is 10.8. The first-order chi connectivity index (χ1) is 13.3. The minimum atomic E-state index is -0.231. The molecular weight excluding hydrogens is 339 g/mol. The Morgan fingerprint density at radius 3 is 1.96 bits per heavy atom. The Labute approximate surface area is 165 Å². The fraction of sp³-hybridized carbons (Fsp3) is 0.696. The Morgan fingerprint density at radius 1 is 0.852 bits per heavy atom. The highest BCUT2D eigenvalue weighted by molar-refractivity contribution is 6.00. The van der Waals surface area contributed by atoms with Crippen LogP contribution in [-0.2, 0) is 4.84 Å². The van der Waals surface area contributed by atoms with Gasteiger partial charge in [0.15, 0.2) is 0 Å². The van der Waals surface area contributed by atoms with Crippen molar-refractivity contribution in [3.63, 3.8) is 0 Å². The van der Waals surface area contributed by atoms with Gasteiger partial charge in [0, 0.05) is 13.0 Å². The van der Waals surface area contributed by atoms with E-state index in [-0.39, 0.29) is 5.82 Å². The topological polar surface area (TPSA) is 33.6 Å². The fourth-order valence-electron chi connectivity index (χ4n) is 3.24. The van der Waals surface area contributed by atoms with Crippen molar-refractivity contribution >= 4 is 5.71 Å². The van der Waals surface area contributed by atoms with Crippen molar-refractivity contribution in [1.29, 1.82) is 0 Å². The second-order valence-corrected chi connectivity index (χ2v) is 7.26. The highest BCUT2D eigenvalue weighted by atomic mass is 19.1. The summed E-state index contributed by atoms with van der Waals surface area (Å²) in [6, 6.07) is 6.41. The Kier molecular flexibility index (Phi) is 14.6. The number of nitrogens with zero attached hydrogens (tertiary/aromatic N) is 1. The second kappa shape index (κ2) is 16.7. The lowest BCUT2D eigenvalue weighted by Crippen LogP contribution is -2.20. The first-order valence-corrected chi connectivity index (χ1v) is 10.8. The zero-order valence-electron chi connectivity index (χ0n) is 17.4. The average Bonchev–Trinajstić information content (AvgIpc) is 2.68. The third kappa shape index (κ3) is 12.6. The summed E-state index contributed by atoms with van der Waals surface area (Å²) in [4.78, 5) is 4.92. The van der Waals surface area contributed by atoms with Crippen LogP contribution in [0.5, 0.6) is 0 Å². The quantitative estimate of drug-likeness (QED) is 0.191. The van der Waals surface area contributed by atoms with E-state index in [2.05, 4.69) is 17.4 Å². The van der Waals surface area contributed by atoms with Crippen LogP contribution in [0, 0.1) is 5.82 Å². The van der Waals surface area contributed by atoms with E-state index in [0.717, 1.165) is 30.8 Å². The summed E-state index contributed by atoms with van der Waals surface area (Å²) in [5.74, 6) is -0.231. The van der Waals surface area contributed by atoms with Gasteiger partial charge in [-0.15, -0.1) is 0 Å². The fourth-order valence-corrected chi connectivity index (χ4v) is 3.24. The predicted octanol–water partition coefficient (Wildman–Crippen LogP) is 6.47. The van der Waals surface area contributed by atoms with Crippen molar-refractivity contribution in [2.45, 2.75) is 84.0 Å². The van der Waals surface area contributed by atoms with Crippen LogP contribution in [0.1, 0.15) is 89.5 Å². The van der Waals surface area contributed by atoms with Gasteiger partial charge >= 0.3 is 0 Å². The van der Waals surface area contributed by atoms with E-state index < -0.39 is 0 Å². The van der Waals surface area contributed by atoms with Crippen molar-refractivity contribution in [3.05, 3.63) is 35.6 Å². The van der Waals surface area contributed by atoms with Gasteiger partial charge in [-0.25, -0.2) is 4.39 Å². The van der Waals surface area contributed by atoms with Crippen LogP contribution in [0.3, 0.4) is 0 Å². The number of hydrogen-bond donors (Lipinski definition) is 1. The van der Waals surface area contributed by atoms with Crippen LogP contribution >= 0.6 is 0 Å². The smallest absolute Gasteiger partial charge is 0.123 e. The summed E-state index contributed by atoms with van der Waals surface area (Å²) in [5, 5.41) is 7.55. The average molecular weight is 379 g/mol. The van der Waals surface area contributed by atoms with Gasteiger partial charge in [0.25, 0.3) is 0 Å². The van der Waals surface area contributed by atoms with Crippen LogP contribution in [0.25, 0.3) is 0 Å². The maximum absolute atomic E-state index is 13.0. The normalized spacial score (nSPS) is 11.7. The van der Waals surface area contributed by atoms with E-state index in [1.54, 1.807) is 19.2 Å². The van der Waals surface area contributed by atoms with Crippen LogP contribution in [0.15, 0.2) is 29.4 Å². The molecule has 1 aromatic carbocycles. The molecule has 0 saturated heterocycles. The maximum atomic E-state index is 13.0. The molecule has 0 heterocycles. The van der Waals surface area contributed by atoms with Crippen LogP contribution in [-0.4, -0.2) is 25.9 Å². The van der Waals surface area contributed by atoms with Crippen molar-refractivity contribution < 1.29 is 9.23 Å². The predicted molar refractivity (Wildman–Crippen MR) is 114 cm³/mol. The molecule has 27 heavy (non-hydrogen) atoms. The number of nitrogens with one attached hydrogen (secondary N) is 1. The number of halogens is 1. The van der Waals surface area contributed by atoms with Crippen molar-refractivity contribution in [2.24, 2.45) is 5.16 Å². The summed E-state index contributed by atoms with van der Waals surface area (Å²) >= 11 is 0. The van der Waals surface area contributed by atoms with E-state index >= 15 is 0 Å². The lowest BCUT2D eigenvalue weighted by Gasteiger charge is -2.08. The van der Waals surface area contributed by atoms with Gasteiger partial charge < -0.3 is 10.2 Å². The molecule has 0 aromatic heterocycles. The molecule has 0 fully saturated rings. The molecule has 0 aliphatic carbocycles. The van der Waals surface area contributed by atoms with Crippen LogP contribution in [0.2, 0.25) is 0 Å². The van der Waals surface area contributed by atoms with Gasteiger partial charge in [0.05, 0.1) is 5.71 Å². The van der Waals surface area contributed by atoms with Gasteiger partial charge in [-0.05, 0) is 30.7 Å². The first kappa shape index (κ1) is 23.6. The van der Waals surface area contributed by atoms with Crippen molar-refractivity contribution in [2.75, 3.05) is 20.2 Å². The Bertz CT molecular complexity index is 488. The van der Waals surface area contributed by atoms with E-state index in [1.165, 1.54) is 82.8 Å². The Balaban J connectivity index is 1.98. The number of rotatable bonds is 17. The molecule has 0 bridgehead atoms. The molecule has 0 radical (unpaired) electrons. The standard InChI is InChI=1S/C23H39FN2O/c1-3-4-5-6-7-8-9-10-11-12-13-19-25-20-18-23(26-27-2)21-14-16-22(24)17-15-21/h14-17,25H,3-13,18-20H2,1-2H3/b26-23-. The van der Waals surface area contributed by atoms with Crippen molar-refractivity contribution in [3.8, 4) is 0 Å². The zero-order chi connectivity index (χ0) is 19.6. The number of hydrogen-bond acceptors (Lipinski definition) is 3. The molecule has 0 unspecified atom stereocenters. The van der Waals surface area contributed by atoms with Gasteiger partial charge in [0.2, 0.25) is 0 Å². The minimum absolute atomic E-state index is 0.231. The third-order valence-electron chi connectivity index (χ3n) is 4.87. The highest BCUT2D eigenvalue weighted by Gasteiger charge is 2.05. The lowest BCUT2D eigenvalue weighted by molar-refractivity contribution is 0.213. The summed E-state index contributed by atoms with van der Waals surface area (Å²) in [6.07, 6.45) is 15.8. The molecule has 1 N–H and O–H groups in total. The Hall–Kier alpha value is -1.42. The van der Waals surface area contributed by atoms with E-state index in [4.69, 9.17) is 4.84 Å².